The molecule has 3 heterocycles. The van der Waals surface area contributed by atoms with Gasteiger partial charge in [0.15, 0.2) is 0 Å². The maximum absolute atomic E-state index is 13.5. The molecule has 0 unspecified atom stereocenters. The minimum atomic E-state index is -0.291. The Kier molecular flexibility index (Phi) is 5.07. The number of rotatable bonds is 5. The third kappa shape index (κ3) is 3.82. The third-order valence-corrected chi connectivity index (χ3v) is 6.85. The van der Waals surface area contributed by atoms with Gasteiger partial charge in [-0.05, 0) is 47.5 Å². The second kappa shape index (κ2) is 8.39. The summed E-state index contributed by atoms with van der Waals surface area (Å²) in [5.74, 6) is 0.774. The van der Waals surface area contributed by atoms with Crippen molar-refractivity contribution >= 4 is 33.3 Å². The van der Waals surface area contributed by atoms with Gasteiger partial charge in [-0.3, -0.25) is 4.79 Å². The Hall–Kier alpha value is -4.04. The fraction of sp³-hybridized carbons (Fsp3) is 0.115. The van der Waals surface area contributed by atoms with Gasteiger partial charge in [0.2, 0.25) is 11.0 Å². The summed E-state index contributed by atoms with van der Waals surface area (Å²) in [5.41, 5.74) is 3.54. The van der Waals surface area contributed by atoms with E-state index in [-0.39, 0.29) is 24.2 Å². The second-order valence-electron chi connectivity index (χ2n) is 8.12. The number of amides is 1. The molecule has 1 aliphatic heterocycles. The van der Waals surface area contributed by atoms with Gasteiger partial charge in [0.1, 0.15) is 24.0 Å². The molecular weight excluding hydrogens is 451 g/mol. The molecule has 1 atom stereocenters. The van der Waals surface area contributed by atoms with E-state index < -0.39 is 0 Å². The summed E-state index contributed by atoms with van der Waals surface area (Å²) in [7, 11) is 0. The van der Waals surface area contributed by atoms with Crippen LogP contribution >= 0.6 is 11.3 Å². The van der Waals surface area contributed by atoms with Crippen molar-refractivity contribution in [2.24, 2.45) is 0 Å². The molecule has 0 spiro atoms. The fourth-order valence-electron chi connectivity index (χ4n) is 4.23. The zero-order valence-corrected chi connectivity index (χ0v) is 18.8. The summed E-state index contributed by atoms with van der Waals surface area (Å²) in [6.07, 6.45) is 2.11. The molecule has 5 aromatic rings. The highest BCUT2D eigenvalue weighted by Crippen LogP contribution is 2.39. The Morgan fingerprint density at radius 1 is 1.09 bits per heavy atom. The Labute approximate surface area is 198 Å². The number of nitrogens with one attached hydrogen (secondary N) is 1. The first-order chi connectivity index (χ1) is 16.6. The topological polar surface area (TPSA) is 69.0 Å². The molecule has 168 valence electrons. The number of hydrogen-bond acceptors (Lipinski definition) is 5. The van der Waals surface area contributed by atoms with Crippen molar-refractivity contribution in [1.82, 2.24) is 14.8 Å². The van der Waals surface area contributed by atoms with Crippen LogP contribution < -0.4 is 10.1 Å². The molecule has 1 N–H and O–H groups in total. The maximum Gasteiger partial charge on any atom is 0.226 e. The van der Waals surface area contributed by atoms with Crippen LogP contribution in [0.25, 0.3) is 15.3 Å². The van der Waals surface area contributed by atoms with Crippen molar-refractivity contribution in [2.45, 2.75) is 18.9 Å². The first-order valence-electron chi connectivity index (χ1n) is 10.8. The van der Waals surface area contributed by atoms with Crippen molar-refractivity contribution in [1.29, 1.82) is 0 Å². The van der Waals surface area contributed by atoms with E-state index in [0.717, 1.165) is 26.9 Å². The van der Waals surface area contributed by atoms with Crippen LogP contribution in [0.3, 0.4) is 0 Å². The number of halogens is 1. The molecule has 0 aliphatic carbocycles. The number of aromatic nitrogens is 3. The third-order valence-electron chi connectivity index (χ3n) is 5.84. The smallest absolute Gasteiger partial charge is 0.226 e. The van der Waals surface area contributed by atoms with E-state index in [9.17, 15) is 9.18 Å². The highest BCUT2D eigenvalue weighted by molar-refractivity contribution is 7.20. The summed E-state index contributed by atoms with van der Waals surface area (Å²) in [6, 6.07) is 21.9. The van der Waals surface area contributed by atoms with E-state index in [0.29, 0.717) is 23.1 Å². The Balaban J connectivity index is 1.31. The lowest BCUT2D eigenvalue weighted by atomic mass is 9.87. The van der Waals surface area contributed by atoms with Crippen LogP contribution in [0, 0.1) is 5.82 Å². The summed E-state index contributed by atoms with van der Waals surface area (Å²) in [6.45, 7) is 0.257. The van der Waals surface area contributed by atoms with Crippen molar-refractivity contribution in [3.05, 3.63) is 102 Å². The molecule has 1 aliphatic rings. The molecule has 0 bridgehead atoms. The average molecular weight is 471 g/mol. The van der Waals surface area contributed by atoms with Crippen molar-refractivity contribution < 1.29 is 13.9 Å². The number of hydrogen-bond donors (Lipinski definition) is 1. The molecular formula is C26H19FN4O2S. The normalized spacial score (nSPS) is 15.2. The number of carbonyl (C=O) groups is 1. The molecule has 0 saturated heterocycles. The summed E-state index contributed by atoms with van der Waals surface area (Å²) in [4.78, 5) is 17.3. The minimum Gasteiger partial charge on any atom is -0.489 e. The summed E-state index contributed by atoms with van der Waals surface area (Å²) >= 11 is 1.53. The van der Waals surface area contributed by atoms with Crippen LogP contribution in [0.15, 0.2) is 79.0 Å². The van der Waals surface area contributed by atoms with Crippen LogP contribution in [-0.4, -0.2) is 20.7 Å². The minimum absolute atomic E-state index is 0.0774. The predicted molar refractivity (Wildman–Crippen MR) is 129 cm³/mol. The van der Waals surface area contributed by atoms with E-state index in [1.807, 2.05) is 54.6 Å². The van der Waals surface area contributed by atoms with Crippen LogP contribution in [0.1, 0.15) is 29.0 Å². The van der Waals surface area contributed by atoms with Crippen molar-refractivity contribution in [2.75, 3.05) is 5.32 Å². The number of nitrogens with zero attached hydrogens (tertiary/aromatic N) is 3. The standard InChI is InChI=1S/C26H19FN4O2S/c27-18-7-3-5-16(11-18)15-33-19-8-4-6-17(12-19)20-13-24(32)30-25-21(20)14-28-31(25)26-29-22-9-1-2-10-23(22)34-26/h1-12,14,20H,13,15H2,(H,30,32)/t20-/m0/s1. The van der Waals surface area contributed by atoms with E-state index in [4.69, 9.17) is 4.74 Å². The lowest BCUT2D eigenvalue weighted by Gasteiger charge is -2.23. The van der Waals surface area contributed by atoms with Crippen LogP contribution in [0.5, 0.6) is 5.75 Å². The van der Waals surface area contributed by atoms with Gasteiger partial charge in [0, 0.05) is 17.9 Å². The lowest BCUT2D eigenvalue weighted by molar-refractivity contribution is -0.116. The zero-order valence-electron chi connectivity index (χ0n) is 17.9. The van der Waals surface area contributed by atoms with Crippen LogP contribution in [0.2, 0.25) is 0 Å². The first-order valence-corrected chi connectivity index (χ1v) is 11.7. The average Bonchev–Trinajstić information content (AvgIpc) is 3.46. The largest absolute Gasteiger partial charge is 0.489 e. The van der Waals surface area contributed by atoms with Gasteiger partial charge in [-0.2, -0.15) is 9.78 Å². The van der Waals surface area contributed by atoms with Gasteiger partial charge in [-0.15, -0.1) is 0 Å². The molecule has 3 aromatic carbocycles. The van der Waals surface area contributed by atoms with Gasteiger partial charge < -0.3 is 10.1 Å². The number of fused-ring (bicyclic) bond motifs is 2. The molecule has 2 aromatic heterocycles. The van der Waals surface area contributed by atoms with Crippen LogP contribution in [-0.2, 0) is 11.4 Å². The predicted octanol–water partition coefficient (Wildman–Crippen LogP) is 5.67. The van der Waals surface area contributed by atoms with E-state index >= 15 is 0 Å². The molecule has 34 heavy (non-hydrogen) atoms. The van der Waals surface area contributed by atoms with E-state index in [2.05, 4.69) is 15.4 Å². The van der Waals surface area contributed by atoms with Gasteiger partial charge >= 0.3 is 0 Å². The van der Waals surface area contributed by atoms with Gasteiger partial charge in [0.05, 0.1) is 16.4 Å². The molecule has 6 rings (SSSR count). The quantitative estimate of drug-likeness (QED) is 0.359. The van der Waals surface area contributed by atoms with E-state index in [1.54, 1.807) is 16.9 Å². The highest BCUT2D eigenvalue weighted by atomic mass is 32.1. The van der Waals surface area contributed by atoms with Gasteiger partial charge in [-0.25, -0.2) is 9.37 Å². The van der Waals surface area contributed by atoms with Crippen molar-refractivity contribution in [3.8, 4) is 10.9 Å². The zero-order chi connectivity index (χ0) is 23.1. The highest BCUT2D eigenvalue weighted by Gasteiger charge is 2.31. The van der Waals surface area contributed by atoms with Crippen LogP contribution in [0.4, 0.5) is 10.2 Å². The lowest BCUT2D eigenvalue weighted by Crippen LogP contribution is -2.24. The molecule has 1 amide bonds. The van der Waals surface area contributed by atoms with Crippen molar-refractivity contribution in [3.63, 3.8) is 0 Å². The number of thiazole rings is 1. The van der Waals surface area contributed by atoms with Gasteiger partial charge in [-0.1, -0.05) is 47.7 Å². The SMILES string of the molecule is O=C1C[C@@H](c2cccc(OCc3cccc(F)c3)c2)c2cnn(-c3nc4ccccc4s3)c2N1. The molecule has 8 heteroatoms. The summed E-state index contributed by atoms with van der Waals surface area (Å²) in [5, 5.41) is 8.25. The van der Waals surface area contributed by atoms with E-state index in [1.165, 1.54) is 23.5 Å². The first kappa shape index (κ1) is 20.6. The maximum atomic E-state index is 13.5. The molecule has 0 saturated carbocycles. The fourth-order valence-corrected chi connectivity index (χ4v) is 5.16. The number of benzene rings is 3. The molecule has 6 nitrogen and oxygen atoms in total. The summed E-state index contributed by atoms with van der Waals surface area (Å²) < 4.78 is 22.1. The molecule has 0 fully saturated rings. The Bertz CT molecular complexity index is 1490. The number of anilines is 1. The monoisotopic (exact) mass is 470 g/mol. The van der Waals surface area contributed by atoms with Gasteiger partial charge in [0.25, 0.3) is 0 Å². The molecule has 0 radical (unpaired) electrons. The Morgan fingerprint density at radius 2 is 1.97 bits per heavy atom. The number of carbonyl (C=O) groups excluding carboxylic acids is 1. The second-order valence-corrected chi connectivity index (χ2v) is 9.13. The Morgan fingerprint density at radius 3 is 2.85 bits per heavy atom. The number of para-hydroxylation sites is 1. The number of ether oxygens (including phenoxy) is 1.